The smallest absolute Gasteiger partial charge is 0.336 e. The van der Waals surface area contributed by atoms with E-state index in [1.165, 1.54) is 0 Å². The van der Waals surface area contributed by atoms with Crippen LogP contribution in [0.2, 0.25) is 0 Å². The number of ether oxygens (including phenoxy) is 3. The van der Waals surface area contributed by atoms with Crippen LogP contribution >= 0.6 is 0 Å². The number of aromatic carboxylic acids is 1. The molecule has 29 heavy (non-hydrogen) atoms. The topological polar surface area (TPSA) is 65.0 Å². The Balaban J connectivity index is 1.90. The maximum atomic E-state index is 11.8. The largest absolute Gasteiger partial charge is 0.497 e. The molecule has 1 N–H and O–H groups in total. The van der Waals surface area contributed by atoms with Gasteiger partial charge in [0.25, 0.3) is 0 Å². The van der Waals surface area contributed by atoms with E-state index in [2.05, 4.69) is 0 Å². The van der Waals surface area contributed by atoms with Gasteiger partial charge in [-0.25, -0.2) is 4.79 Å². The Morgan fingerprint density at radius 2 is 1.62 bits per heavy atom. The minimum Gasteiger partial charge on any atom is -0.497 e. The number of rotatable bonds is 6. The number of fused-ring (bicyclic) bond motifs is 3. The van der Waals surface area contributed by atoms with E-state index in [1.807, 2.05) is 42.5 Å². The van der Waals surface area contributed by atoms with Gasteiger partial charge in [0.15, 0.2) is 11.5 Å². The van der Waals surface area contributed by atoms with Crippen molar-refractivity contribution in [2.24, 2.45) is 0 Å². The van der Waals surface area contributed by atoms with Gasteiger partial charge in [0.1, 0.15) is 12.4 Å². The highest BCUT2D eigenvalue weighted by atomic mass is 16.5. The molecular weight excluding hydrogens is 368 g/mol. The number of hydrogen-bond acceptors (Lipinski definition) is 4. The van der Waals surface area contributed by atoms with Crippen molar-refractivity contribution in [1.29, 1.82) is 0 Å². The van der Waals surface area contributed by atoms with Gasteiger partial charge in [0.05, 0.1) is 19.8 Å². The molecule has 5 heteroatoms. The van der Waals surface area contributed by atoms with E-state index in [-0.39, 0.29) is 5.56 Å². The lowest BCUT2D eigenvalue weighted by atomic mass is 9.96. The van der Waals surface area contributed by atoms with Crippen molar-refractivity contribution in [2.45, 2.75) is 6.61 Å². The SMILES string of the molecule is COc1ccc2c(C(=O)O)cc3cc(OC)c(OCc4ccccc4)cc3c2c1. The molecule has 0 radical (unpaired) electrons. The predicted octanol–water partition coefficient (Wildman–Crippen LogP) is 5.29. The monoisotopic (exact) mass is 388 g/mol. The average molecular weight is 388 g/mol. The molecule has 4 aromatic carbocycles. The molecule has 0 saturated carbocycles. The summed E-state index contributed by atoms with van der Waals surface area (Å²) >= 11 is 0. The molecule has 146 valence electrons. The van der Waals surface area contributed by atoms with Crippen LogP contribution in [-0.2, 0) is 6.61 Å². The summed E-state index contributed by atoms with van der Waals surface area (Å²) in [5.41, 5.74) is 1.28. The molecule has 0 aliphatic carbocycles. The van der Waals surface area contributed by atoms with Crippen LogP contribution < -0.4 is 14.2 Å². The third-order valence-electron chi connectivity index (χ3n) is 4.91. The molecule has 0 atom stereocenters. The maximum Gasteiger partial charge on any atom is 0.336 e. The molecule has 0 aliphatic heterocycles. The van der Waals surface area contributed by atoms with Crippen LogP contribution in [-0.4, -0.2) is 25.3 Å². The second-order valence-corrected chi connectivity index (χ2v) is 6.64. The fraction of sp³-hybridized carbons (Fsp3) is 0.125. The molecule has 0 heterocycles. The number of benzene rings is 4. The highest BCUT2D eigenvalue weighted by Crippen LogP contribution is 2.38. The first-order valence-electron chi connectivity index (χ1n) is 9.13. The van der Waals surface area contributed by atoms with Crippen molar-refractivity contribution in [3.05, 3.63) is 77.9 Å². The van der Waals surface area contributed by atoms with Gasteiger partial charge in [0.2, 0.25) is 0 Å². The zero-order chi connectivity index (χ0) is 20.4. The summed E-state index contributed by atoms with van der Waals surface area (Å²) in [7, 11) is 3.15. The summed E-state index contributed by atoms with van der Waals surface area (Å²) in [4.78, 5) is 11.8. The lowest BCUT2D eigenvalue weighted by Crippen LogP contribution is -2.00. The van der Waals surface area contributed by atoms with E-state index in [0.29, 0.717) is 29.2 Å². The van der Waals surface area contributed by atoms with Crippen LogP contribution in [0.1, 0.15) is 15.9 Å². The van der Waals surface area contributed by atoms with Crippen LogP contribution in [0.15, 0.2) is 66.7 Å². The molecular formula is C24H20O5. The Kier molecular flexibility index (Phi) is 4.96. The molecule has 0 aliphatic rings. The quantitative estimate of drug-likeness (QED) is 0.455. The van der Waals surface area contributed by atoms with Crippen molar-refractivity contribution in [1.82, 2.24) is 0 Å². The van der Waals surface area contributed by atoms with E-state index in [0.717, 1.165) is 21.7 Å². The van der Waals surface area contributed by atoms with E-state index in [1.54, 1.807) is 38.5 Å². The Morgan fingerprint density at radius 3 is 2.31 bits per heavy atom. The van der Waals surface area contributed by atoms with Crippen molar-refractivity contribution < 1.29 is 24.1 Å². The van der Waals surface area contributed by atoms with E-state index >= 15 is 0 Å². The summed E-state index contributed by atoms with van der Waals surface area (Å²) in [6.45, 7) is 0.400. The maximum absolute atomic E-state index is 11.8. The molecule has 0 bridgehead atoms. The summed E-state index contributed by atoms with van der Waals surface area (Å²) < 4.78 is 16.9. The first-order valence-corrected chi connectivity index (χ1v) is 9.13. The van der Waals surface area contributed by atoms with Gasteiger partial charge in [-0.2, -0.15) is 0 Å². The molecule has 0 amide bonds. The summed E-state index contributed by atoms with van der Waals surface area (Å²) in [6, 6.07) is 20.6. The lowest BCUT2D eigenvalue weighted by molar-refractivity contribution is 0.0699. The predicted molar refractivity (Wildman–Crippen MR) is 112 cm³/mol. The molecule has 0 fully saturated rings. The molecule has 5 nitrogen and oxygen atoms in total. The van der Waals surface area contributed by atoms with Gasteiger partial charge in [-0.15, -0.1) is 0 Å². The first kappa shape index (κ1) is 18.6. The highest BCUT2D eigenvalue weighted by Gasteiger charge is 2.16. The Hall–Kier alpha value is -3.73. The second kappa shape index (κ2) is 7.72. The van der Waals surface area contributed by atoms with Gasteiger partial charge in [-0.05, 0) is 63.5 Å². The van der Waals surface area contributed by atoms with E-state index in [9.17, 15) is 9.90 Å². The standard InChI is InChI=1S/C24H20O5/c1-27-17-8-9-18-20(12-17)19-13-23(29-14-15-6-4-3-5-7-15)22(28-2)11-16(19)10-21(18)24(25)26/h3-13H,14H2,1-2H3,(H,25,26). The Morgan fingerprint density at radius 1 is 0.828 bits per heavy atom. The zero-order valence-electron chi connectivity index (χ0n) is 16.1. The molecule has 0 saturated heterocycles. The third kappa shape index (κ3) is 3.55. The van der Waals surface area contributed by atoms with Crippen LogP contribution in [0.25, 0.3) is 21.5 Å². The highest BCUT2D eigenvalue weighted by molar-refractivity contribution is 6.16. The van der Waals surface area contributed by atoms with Gasteiger partial charge in [-0.1, -0.05) is 30.3 Å². The van der Waals surface area contributed by atoms with Crippen LogP contribution in [0.5, 0.6) is 17.2 Å². The van der Waals surface area contributed by atoms with E-state index < -0.39 is 5.97 Å². The average Bonchev–Trinajstić information content (AvgIpc) is 2.76. The number of carboxylic acid groups (broad SMARTS) is 1. The normalized spacial score (nSPS) is 10.8. The summed E-state index contributed by atoms with van der Waals surface area (Å²) in [6.07, 6.45) is 0. The number of methoxy groups -OCH3 is 2. The Labute approximate surface area is 168 Å². The first-order chi connectivity index (χ1) is 14.1. The minimum atomic E-state index is -0.981. The van der Waals surface area contributed by atoms with E-state index in [4.69, 9.17) is 14.2 Å². The molecule has 0 aromatic heterocycles. The minimum absolute atomic E-state index is 0.232. The van der Waals surface area contributed by atoms with Gasteiger partial charge in [0, 0.05) is 0 Å². The summed E-state index contributed by atoms with van der Waals surface area (Å²) in [5, 5.41) is 12.7. The van der Waals surface area contributed by atoms with Crippen LogP contribution in [0.3, 0.4) is 0 Å². The van der Waals surface area contributed by atoms with Crippen molar-refractivity contribution in [3.63, 3.8) is 0 Å². The Bertz CT molecular complexity index is 1200. The fourth-order valence-corrected chi connectivity index (χ4v) is 3.45. The van der Waals surface area contributed by atoms with Crippen molar-refractivity contribution in [3.8, 4) is 17.2 Å². The fourth-order valence-electron chi connectivity index (χ4n) is 3.45. The van der Waals surface area contributed by atoms with Crippen molar-refractivity contribution in [2.75, 3.05) is 14.2 Å². The van der Waals surface area contributed by atoms with Crippen LogP contribution in [0.4, 0.5) is 0 Å². The number of carbonyl (C=O) groups is 1. The molecule has 4 rings (SSSR count). The summed E-state index contributed by atoms with van der Waals surface area (Å²) in [5.74, 6) is 0.817. The zero-order valence-corrected chi connectivity index (χ0v) is 16.1. The van der Waals surface area contributed by atoms with Gasteiger partial charge < -0.3 is 19.3 Å². The van der Waals surface area contributed by atoms with Crippen molar-refractivity contribution >= 4 is 27.5 Å². The number of carboxylic acids is 1. The third-order valence-corrected chi connectivity index (χ3v) is 4.91. The molecule has 0 unspecified atom stereocenters. The number of hydrogen-bond donors (Lipinski definition) is 1. The van der Waals surface area contributed by atoms with Gasteiger partial charge >= 0.3 is 5.97 Å². The molecule has 0 spiro atoms. The van der Waals surface area contributed by atoms with Crippen LogP contribution in [0, 0.1) is 0 Å². The molecule has 4 aromatic rings. The lowest BCUT2D eigenvalue weighted by Gasteiger charge is -2.15. The van der Waals surface area contributed by atoms with Gasteiger partial charge in [-0.3, -0.25) is 0 Å². The second-order valence-electron chi connectivity index (χ2n) is 6.64.